The lowest BCUT2D eigenvalue weighted by Gasteiger charge is -2.30. The van der Waals surface area contributed by atoms with Gasteiger partial charge in [-0.25, -0.2) is 0 Å². The molecule has 1 unspecified atom stereocenters. The fraction of sp³-hybridized carbons (Fsp3) is 0.456. The predicted octanol–water partition coefficient (Wildman–Crippen LogP) is 18.8. The van der Waals surface area contributed by atoms with E-state index in [1.54, 1.807) is 0 Å². The molecule has 6 aromatic carbocycles. The molecule has 3 atom stereocenters. The lowest BCUT2D eigenvalue weighted by atomic mass is 9.75. The van der Waals surface area contributed by atoms with Crippen molar-refractivity contribution in [3.63, 3.8) is 0 Å². The zero-order valence-corrected chi connectivity index (χ0v) is 46.6. The van der Waals surface area contributed by atoms with Gasteiger partial charge in [0.1, 0.15) is 23.0 Å². The Morgan fingerprint density at radius 3 is 1.35 bits per heavy atom. The first-order valence-electron chi connectivity index (χ1n) is 28.3. The van der Waals surface area contributed by atoms with Crippen LogP contribution >= 0.6 is 0 Å². The lowest BCUT2D eigenvalue weighted by molar-refractivity contribution is -0.154. The summed E-state index contributed by atoms with van der Waals surface area (Å²) in [5.41, 5.74) is 10.8. The average Bonchev–Trinajstić information content (AvgIpc) is 3.43. The first-order chi connectivity index (χ1) is 35.9. The van der Waals surface area contributed by atoms with Gasteiger partial charge in [0.25, 0.3) is 0 Å². The molecule has 0 spiro atoms. The van der Waals surface area contributed by atoms with Gasteiger partial charge in [-0.3, -0.25) is 4.79 Å². The maximum absolute atomic E-state index is 13.9. The summed E-state index contributed by atoms with van der Waals surface area (Å²) >= 11 is 0. The number of carbonyl (C=O) groups excluding carboxylic acids is 1. The Labute approximate surface area is 446 Å². The van der Waals surface area contributed by atoms with E-state index in [1.165, 1.54) is 55.2 Å². The van der Waals surface area contributed by atoms with Gasteiger partial charge in [-0.1, -0.05) is 178 Å². The largest absolute Gasteiger partial charge is 0.494 e. The van der Waals surface area contributed by atoms with E-state index in [-0.39, 0.29) is 11.9 Å². The Morgan fingerprint density at radius 1 is 0.473 bits per heavy atom. The van der Waals surface area contributed by atoms with Crippen molar-refractivity contribution in [1.29, 1.82) is 0 Å². The molecule has 0 saturated carbocycles. The molecule has 0 amide bonds. The second-order valence-electron chi connectivity index (χ2n) is 21.3. The molecule has 0 radical (unpaired) electrons. The third-order valence-electron chi connectivity index (χ3n) is 14.6. The van der Waals surface area contributed by atoms with E-state index >= 15 is 0 Å². The van der Waals surface area contributed by atoms with Crippen LogP contribution in [0, 0.1) is 17.3 Å². The lowest BCUT2D eigenvalue weighted by Crippen LogP contribution is -2.29. The van der Waals surface area contributed by atoms with Crippen molar-refractivity contribution >= 4 is 5.97 Å². The van der Waals surface area contributed by atoms with E-state index in [9.17, 15) is 4.79 Å². The first-order valence-corrected chi connectivity index (χ1v) is 28.3. The van der Waals surface area contributed by atoms with Crippen LogP contribution in [0.25, 0.3) is 44.5 Å². The minimum absolute atomic E-state index is 0.0284. The van der Waals surface area contributed by atoms with Crippen LogP contribution in [0.4, 0.5) is 0 Å². The number of carbonyl (C=O) groups is 1. The molecule has 6 nitrogen and oxygen atoms in total. The zero-order chi connectivity index (χ0) is 52.7. The monoisotopic (exact) mass is 1000 g/mol. The molecule has 0 fully saturated rings. The second-order valence-corrected chi connectivity index (χ2v) is 21.3. The minimum Gasteiger partial charge on any atom is -0.494 e. The number of ether oxygens (including phenoxy) is 5. The Balaban J connectivity index is 1.42. The van der Waals surface area contributed by atoms with Crippen LogP contribution in [0.2, 0.25) is 0 Å². The van der Waals surface area contributed by atoms with E-state index in [0.29, 0.717) is 44.7 Å². The maximum atomic E-state index is 13.9. The summed E-state index contributed by atoms with van der Waals surface area (Å²) in [5, 5.41) is 0. The fourth-order valence-corrected chi connectivity index (χ4v) is 9.43. The molecule has 0 aromatic heterocycles. The molecular formula is C68H88O6. The van der Waals surface area contributed by atoms with Gasteiger partial charge in [0.05, 0.1) is 38.4 Å². The molecule has 6 rings (SSSR count). The quantitative estimate of drug-likeness (QED) is 0.0310. The van der Waals surface area contributed by atoms with Gasteiger partial charge >= 0.3 is 5.97 Å². The van der Waals surface area contributed by atoms with Gasteiger partial charge in [0.15, 0.2) is 0 Å². The highest BCUT2D eigenvalue weighted by molar-refractivity contribution is 5.78. The molecule has 74 heavy (non-hydrogen) atoms. The van der Waals surface area contributed by atoms with Crippen molar-refractivity contribution in [2.45, 2.75) is 152 Å². The highest BCUT2D eigenvalue weighted by Crippen LogP contribution is 2.43. The molecule has 0 aliphatic carbocycles. The summed E-state index contributed by atoms with van der Waals surface area (Å²) in [4.78, 5) is 13.9. The standard InChI is InChI=1S/C68H88O6/c1-10-15-17-19-43-71-60-33-23-53(24-34-60)57-32-42-65(55-29-37-61(38-30-55)72-44-20-18-16-11-2)66(46-57)59(47-68(8,9)67(69)70-14-5)22-21-58-45-56(52-25-35-62(36-26-52)73-48-50(6)12-3)31-41-64(58)54-27-39-63(40-28-54)74-49-51(7)13-4/h23-42,45-46,50-51,59H,10-22,43-44,47-49H2,1-9H3/t50-,51-,59?/m0/s1. The number of hydrogen-bond donors (Lipinski definition) is 0. The Kier molecular flexibility index (Phi) is 23.0. The summed E-state index contributed by atoms with van der Waals surface area (Å²) in [7, 11) is 0. The van der Waals surface area contributed by atoms with E-state index in [1.807, 2.05) is 20.8 Å². The Bertz CT molecular complexity index is 2560. The average molecular weight is 1000 g/mol. The van der Waals surface area contributed by atoms with E-state index in [0.717, 1.165) is 107 Å². The molecule has 0 N–H and O–H groups in total. The maximum Gasteiger partial charge on any atom is 0.311 e. The summed E-state index contributed by atoms with van der Waals surface area (Å²) < 4.78 is 30.6. The second kappa shape index (κ2) is 29.8. The van der Waals surface area contributed by atoms with E-state index in [2.05, 4.69) is 175 Å². The summed E-state index contributed by atoms with van der Waals surface area (Å²) in [6.45, 7) is 22.5. The van der Waals surface area contributed by atoms with E-state index < -0.39 is 5.41 Å². The smallest absolute Gasteiger partial charge is 0.311 e. The molecule has 0 bridgehead atoms. The Morgan fingerprint density at radius 2 is 0.892 bits per heavy atom. The third kappa shape index (κ3) is 17.3. The molecule has 0 aliphatic heterocycles. The molecular weight excluding hydrogens is 913 g/mol. The topological polar surface area (TPSA) is 63.2 Å². The normalized spacial score (nSPS) is 12.7. The van der Waals surface area contributed by atoms with Crippen LogP contribution < -0.4 is 18.9 Å². The molecule has 0 aliphatic rings. The number of unbranched alkanes of at least 4 members (excludes halogenated alkanes) is 6. The summed E-state index contributed by atoms with van der Waals surface area (Å²) in [5.74, 6) is 4.32. The van der Waals surface area contributed by atoms with Crippen molar-refractivity contribution < 1.29 is 28.5 Å². The fourth-order valence-electron chi connectivity index (χ4n) is 9.43. The van der Waals surface area contributed by atoms with Gasteiger partial charge < -0.3 is 23.7 Å². The molecule has 0 heterocycles. The van der Waals surface area contributed by atoms with Crippen LogP contribution in [-0.4, -0.2) is 39.0 Å². The van der Waals surface area contributed by atoms with Crippen LogP contribution in [0.3, 0.4) is 0 Å². The van der Waals surface area contributed by atoms with Crippen LogP contribution in [0.15, 0.2) is 133 Å². The van der Waals surface area contributed by atoms with Crippen molar-refractivity contribution in [1.82, 2.24) is 0 Å². The zero-order valence-electron chi connectivity index (χ0n) is 46.6. The minimum atomic E-state index is -0.756. The number of aryl methyl sites for hydroxylation is 1. The highest BCUT2D eigenvalue weighted by Gasteiger charge is 2.34. The van der Waals surface area contributed by atoms with Gasteiger partial charge in [-0.05, 0) is 175 Å². The van der Waals surface area contributed by atoms with Crippen molar-refractivity contribution in [2.24, 2.45) is 17.3 Å². The molecule has 6 heteroatoms. The van der Waals surface area contributed by atoms with Crippen molar-refractivity contribution in [3.8, 4) is 67.5 Å². The van der Waals surface area contributed by atoms with Crippen molar-refractivity contribution in [2.75, 3.05) is 33.0 Å². The van der Waals surface area contributed by atoms with E-state index in [4.69, 9.17) is 23.7 Å². The SMILES string of the molecule is CCCCCCOc1ccc(-c2ccc(-c3ccc(OCCCCCC)cc3)c(C(CCc3cc(-c4ccc(OC[C@@H](C)CC)cc4)ccc3-c3ccc(OC[C@@H](C)CC)cc3)CC(C)(C)C(=O)OCC)c2)cc1. The van der Waals surface area contributed by atoms with Gasteiger partial charge in [0.2, 0.25) is 0 Å². The van der Waals surface area contributed by atoms with Gasteiger partial charge in [0, 0.05) is 0 Å². The summed E-state index contributed by atoms with van der Waals surface area (Å²) in [6, 6.07) is 48.0. The van der Waals surface area contributed by atoms with Gasteiger partial charge in [-0.15, -0.1) is 0 Å². The molecule has 396 valence electrons. The van der Waals surface area contributed by atoms with Gasteiger partial charge in [-0.2, -0.15) is 0 Å². The number of esters is 1. The first kappa shape index (κ1) is 57.3. The number of rotatable bonds is 32. The number of hydrogen-bond acceptors (Lipinski definition) is 6. The molecule has 0 saturated heterocycles. The van der Waals surface area contributed by atoms with Crippen molar-refractivity contribution in [3.05, 3.63) is 145 Å². The van der Waals surface area contributed by atoms with Crippen LogP contribution in [0.1, 0.15) is 156 Å². The van der Waals surface area contributed by atoms with Crippen LogP contribution in [0.5, 0.6) is 23.0 Å². The predicted molar refractivity (Wildman–Crippen MR) is 310 cm³/mol. The van der Waals surface area contributed by atoms with Crippen LogP contribution in [-0.2, 0) is 16.0 Å². The highest BCUT2D eigenvalue weighted by atomic mass is 16.5. The Hall–Kier alpha value is -6.01. The third-order valence-corrected chi connectivity index (χ3v) is 14.6. The molecule has 6 aromatic rings. The number of benzene rings is 6. The summed E-state index contributed by atoms with van der Waals surface area (Å²) in [6.07, 6.45) is 13.6.